The zero-order valence-electron chi connectivity index (χ0n) is 21.0. The van der Waals surface area contributed by atoms with E-state index in [4.69, 9.17) is 14.2 Å². The molecule has 2 aliphatic rings. The van der Waals surface area contributed by atoms with Gasteiger partial charge in [-0.2, -0.15) is 0 Å². The van der Waals surface area contributed by atoms with E-state index in [1.54, 1.807) is 13.2 Å². The fourth-order valence-corrected chi connectivity index (χ4v) is 5.09. The normalized spacial score (nSPS) is 19.6. The molecule has 0 aromatic heterocycles. The van der Waals surface area contributed by atoms with Crippen LogP contribution in [-0.2, 0) is 10.2 Å². The van der Waals surface area contributed by atoms with Crippen LogP contribution < -0.4 is 9.47 Å². The first-order valence-electron chi connectivity index (χ1n) is 12.2. The standard InChI is InChI=1S/C28H37NO5/c1-19(2)33-25-17-28(34-23-9-7-6-8-21(23)25)12-14-29(15-13-28)26(31)20-10-11-22(24(16-20)32-5)27(3,4)18-30/h6-11,16,19,25,30H,12-15,17-18H2,1-5H3. The lowest BCUT2D eigenvalue weighted by Gasteiger charge is -2.47. The summed E-state index contributed by atoms with van der Waals surface area (Å²) in [6, 6.07) is 13.6. The Bertz CT molecular complexity index is 1020. The van der Waals surface area contributed by atoms with Crippen molar-refractivity contribution >= 4 is 5.91 Å². The minimum Gasteiger partial charge on any atom is -0.496 e. The minimum absolute atomic E-state index is 0.00103. The molecule has 2 aliphatic heterocycles. The number of methoxy groups -OCH3 is 1. The second-order valence-electron chi connectivity index (χ2n) is 10.4. The van der Waals surface area contributed by atoms with Gasteiger partial charge in [-0.05, 0) is 32.0 Å². The summed E-state index contributed by atoms with van der Waals surface area (Å²) in [5.74, 6) is 1.51. The Hall–Kier alpha value is -2.57. The van der Waals surface area contributed by atoms with E-state index in [0.29, 0.717) is 24.4 Å². The summed E-state index contributed by atoms with van der Waals surface area (Å²) in [6.45, 7) is 9.28. The number of rotatable bonds is 6. The average molecular weight is 468 g/mol. The number of likely N-dealkylation sites (tertiary alicyclic amines) is 1. The molecule has 2 aromatic carbocycles. The smallest absolute Gasteiger partial charge is 0.253 e. The van der Waals surface area contributed by atoms with Crippen molar-refractivity contribution in [1.29, 1.82) is 0 Å². The molecule has 6 nitrogen and oxygen atoms in total. The van der Waals surface area contributed by atoms with E-state index in [1.165, 1.54) is 0 Å². The number of aliphatic hydroxyl groups is 1. The van der Waals surface area contributed by atoms with Crippen molar-refractivity contribution in [2.75, 3.05) is 26.8 Å². The Morgan fingerprint density at radius 3 is 2.56 bits per heavy atom. The number of carbonyl (C=O) groups excluding carboxylic acids is 1. The zero-order chi connectivity index (χ0) is 24.5. The highest BCUT2D eigenvalue weighted by Crippen LogP contribution is 2.46. The topological polar surface area (TPSA) is 68.2 Å². The Balaban J connectivity index is 1.49. The molecule has 6 heteroatoms. The third kappa shape index (κ3) is 4.80. The highest BCUT2D eigenvalue weighted by molar-refractivity contribution is 5.95. The predicted molar refractivity (Wildman–Crippen MR) is 132 cm³/mol. The number of ether oxygens (including phenoxy) is 3. The van der Waals surface area contributed by atoms with Crippen molar-refractivity contribution in [1.82, 2.24) is 4.90 Å². The molecule has 4 rings (SSSR count). The lowest BCUT2D eigenvalue weighted by Crippen LogP contribution is -2.52. The van der Waals surface area contributed by atoms with E-state index < -0.39 is 5.41 Å². The molecule has 1 amide bonds. The molecular weight excluding hydrogens is 430 g/mol. The van der Waals surface area contributed by atoms with Gasteiger partial charge < -0.3 is 24.2 Å². The van der Waals surface area contributed by atoms with Gasteiger partial charge in [0.05, 0.1) is 25.9 Å². The Kier molecular flexibility index (Phi) is 6.92. The van der Waals surface area contributed by atoms with Gasteiger partial charge in [-0.25, -0.2) is 0 Å². The number of para-hydroxylation sites is 1. The van der Waals surface area contributed by atoms with Crippen molar-refractivity contribution in [2.24, 2.45) is 0 Å². The first-order chi connectivity index (χ1) is 16.2. The van der Waals surface area contributed by atoms with E-state index in [1.807, 2.05) is 49.1 Å². The Morgan fingerprint density at radius 1 is 1.21 bits per heavy atom. The third-order valence-electron chi connectivity index (χ3n) is 7.12. The van der Waals surface area contributed by atoms with Gasteiger partial charge in [0.15, 0.2) is 0 Å². The maximum atomic E-state index is 13.3. The number of amides is 1. The van der Waals surface area contributed by atoms with Crippen molar-refractivity contribution in [2.45, 2.75) is 70.2 Å². The average Bonchev–Trinajstić information content (AvgIpc) is 2.83. The van der Waals surface area contributed by atoms with Crippen LogP contribution in [0.1, 0.15) is 74.5 Å². The van der Waals surface area contributed by atoms with Gasteiger partial charge in [-0.3, -0.25) is 4.79 Å². The number of nitrogens with zero attached hydrogens (tertiary/aromatic N) is 1. The lowest BCUT2D eigenvalue weighted by atomic mass is 9.81. The summed E-state index contributed by atoms with van der Waals surface area (Å²) in [7, 11) is 1.60. The summed E-state index contributed by atoms with van der Waals surface area (Å²) < 4.78 is 18.4. The molecule has 184 valence electrons. The van der Waals surface area contributed by atoms with Gasteiger partial charge in [-0.1, -0.05) is 38.1 Å². The van der Waals surface area contributed by atoms with Crippen molar-refractivity contribution in [3.63, 3.8) is 0 Å². The van der Waals surface area contributed by atoms with Gasteiger partial charge in [0.2, 0.25) is 0 Å². The van der Waals surface area contributed by atoms with E-state index in [-0.39, 0.29) is 30.3 Å². The molecule has 1 unspecified atom stereocenters. The van der Waals surface area contributed by atoms with Crippen molar-refractivity contribution in [3.05, 3.63) is 59.2 Å². The van der Waals surface area contributed by atoms with Gasteiger partial charge in [-0.15, -0.1) is 0 Å². The van der Waals surface area contributed by atoms with Crippen molar-refractivity contribution in [3.8, 4) is 11.5 Å². The largest absolute Gasteiger partial charge is 0.496 e. The molecule has 0 saturated carbocycles. The number of piperidine rings is 1. The maximum absolute atomic E-state index is 13.3. The molecule has 1 fully saturated rings. The quantitative estimate of drug-likeness (QED) is 0.655. The molecule has 1 atom stereocenters. The van der Waals surface area contributed by atoms with Crippen LogP contribution in [0.4, 0.5) is 0 Å². The highest BCUT2D eigenvalue weighted by atomic mass is 16.5. The first-order valence-corrected chi connectivity index (χ1v) is 12.2. The van der Waals surface area contributed by atoms with Crippen LogP contribution >= 0.6 is 0 Å². The number of hydrogen-bond acceptors (Lipinski definition) is 5. The SMILES string of the molecule is COc1cc(C(=O)N2CCC3(CC2)CC(OC(C)C)c2ccccc2O3)ccc1C(C)(C)CO. The number of fused-ring (bicyclic) bond motifs is 1. The first kappa shape index (κ1) is 24.6. The van der Waals surface area contributed by atoms with Gasteiger partial charge in [0.1, 0.15) is 17.1 Å². The third-order valence-corrected chi connectivity index (χ3v) is 7.12. The monoisotopic (exact) mass is 467 g/mol. The number of carbonyl (C=O) groups is 1. The number of benzene rings is 2. The predicted octanol–water partition coefficient (Wildman–Crippen LogP) is 4.89. The van der Waals surface area contributed by atoms with Crippen LogP contribution in [0.5, 0.6) is 11.5 Å². The second kappa shape index (κ2) is 9.59. The second-order valence-corrected chi connectivity index (χ2v) is 10.4. The van der Waals surface area contributed by atoms with Crippen LogP contribution in [-0.4, -0.2) is 54.4 Å². The highest BCUT2D eigenvalue weighted by Gasteiger charge is 2.44. The van der Waals surface area contributed by atoms with E-state index in [2.05, 4.69) is 19.9 Å². The summed E-state index contributed by atoms with van der Waals surface area (Å²) in [5.41, 5.74) is 1.82. The van der Waals surface area contributed by atoms with Crippen LogP contribution in [0.2, 0.25) is 0 Å². The maximum Gasteiger partial charge on any atom is 0.253 e. The molecule has 2 heterocycles. The lowest BCUT2D eigenvalue weighted by molar-refractivity contribution is -0.0872. The van der Waals surface area contributed by atoms with Gasteiger partial charge >= 0.3 is 0 Å². The summed E-state index contributed by atoms with van der Waals surface area (Å²) in [6.07, 6.45) is 2.45. The number of aliphatic hydroxyl groups excluding tert-OH is 1. The van der Waals surface area contributed by atoms with Crippen LogP contribution in [0.15, 0.2) is 42.5 Å². The molecule has 1 saturated heterocycles. The molecular formula is C28H37NO5. The fraction of sp³-hybridized carbons (Fsp3) is 0.536. The molecule has 0 aliphatic carbocycles. The van der Waals surface area contributed by atoms with E-state index in [9.17, 15) is 9.90 Å². The molecule has 34 heavy (non-hydrogen) atoms. The zero-order valence-corrected chi connectivity index (χ0v) is 21.0. The molecule has 1 spiro atoms. The summed E-state index contributed by atoms with van der Waals surface area (Å²) in [4.78, 5) is 15.2. The Morgan fingerprint density at radius 2 is 1.91 bits per heavy atom. The van der Waals surface area contributed by atoms with Crippen LogP contribution in [0.25, 0.3) is 0 Å². The van der Waals surface area contributed by atoms with Gasteiger partial charge in [0.25, 0.3) is 5.91 Å². The molecule has 2 aromatic rings. The van der Waals surface area contributed by atoms with Crippen molar-refractivity contribution < 1.29 is 24.1 Å². The van der Waals surface area contributed by atoms with Crippen LogP contribution in [0.3, 0.4) is 0 Å². The summed E-state index contributed by atoms with van der Waals surface area (Å²) >= 11 is 0. The van der Waals surface area contributed by atoms with E-state index in [0.717, 1.165) is 36.1 Å². The van der Waals surface area contributed by atoms with Gasteiger partial charge in [0, 0.05) is 54.5 Å². The van der Waals surface area contributed by atoms with E-state index >= 15 is 0 Å². The molecule has 1 N–H and O–H groups in total. The number of hydrogen-bond donors (Lipinski definition) is 1. The minimum atomic E-state index is -0.451. The Labute approximate surface area is 202 Å². The fourth-order valence-electron chi connectivity index (χ4n) is 5.09. The molecule has 0 radical (unpaired) electrons. The summed E-state index contributed by atoms with van der Waals surface area (Å²) in [5, 5.41) is 9.75. The van der Waals surface area contributed by atoms with Crippen LogP contribution in [0, 0.1) is 0 Å². The molecule has 0 bridgehead atoms.